The van der Waals surface area contributed by atoms with Crippen molar-refractivity contribution in [1.82, 2.24) is 5.32 Å². The van der Waals surface area contributed by atoms with Gasteiger partial charge in [0.05, 0.1) is 13.2 Å². The van der Waals surface area contributed by atoms with Crippen LogP contribution in [0.3, 0.4) is 0 Å². The van der Waals surface area contributed by atoms with Crippen molar-refractivity contribution >= 4 is 19.7 Å². The molecule has 58 heavy (non-hydrogen) atoms. The van der Waals surface area contributed by atoms with Crippen LogP contribution in [0.1, 0.15) is 226 Å². The van der Waals surface area contributed by atoms with Crippen LogP contribution < -0.4 is 5.32 Å². The van der Waals surface area contributed by atoms with E-state index in [1.165, 1.54) is 148 Å². The molecule has 0 saturated carbocycles. The highest BCUT2D eigenvalue weighted by Gasteiger charge is 2.23. The van der Waals surface area contributed by atoms with Crippen LogP contribution in [0.15, 0.2) is 36.5 Å². The van der Waals surface area contributed by atoms with Gasteiger partial charge < -0.3 is 20.1 Å². The summed E-state index contributed by atoms with van der Waals surface area (Å²) in [5.74, 6) is -0.522. The molecular weight excluding hydrogens is 750 g/mol. The number of aliphatic hydroxyl groups is 1. The summed E-state index contributed by atoms with van der Waals surface area (Å²) in [5, 5.41) is 12.7. The molecule has 0 aliphatic rings. The number of aliphatic hydroxyl groups excluding tert-OH is 1. The number of ether oxygens (including phenoxy) is 1. The fraction of sp³-hybridized carbons (Fsp3) is 0.833. The Labute approximate surface area is 356 Å². The number of carbonyl (C=O) groups is 2. The van der Waals surface area contributed by atoms with E-state index in [0.717, 1.165) is 51.4 Å². The van der Waals surface area contributed by atoms with Gasteiger partial charge in [-0.3, -0.25) is 18.6 Å². The molecule has 3 N–H and O–H groups in total. The summed E-state index contributed by atoms with van der Waals surface area (Å²) < 4.78 is 26.9. The van der Waals surface area contributed by atoms with Crippen LogP contribution in [0.4, 0.5) is 0 Å². The number of phosphoric ester groups is 1. The lowest BCUT2D eigenvalue weighted by Gasteiger charge is -2.15. The van der Waals surface area contributed by atoms with Gasteiger partial charge in [-0.2, -0.15) is 0 Å². The van der Waals surface area contributed by atoms with E-state index in [1.807, 2.05) is 0 Å². The molecule has 0 fully saturated rings. The highest BCUT2D eigenvalue weighted by atomic mass is 31.2. The van der Waals surface area contributed by atoms with E-state index in [-0.39, 0.29) is 32.1 Å². The van der Waals surface area contributed by atoms with Gasteiger partial charge in [-0.25, -0.2) is 4.57 Å². The molecule has 340 valence electrons. The monoisotopic (exact) mass is 840 g/mol. The molecule has 10 heteroatoms. The van der Waals surface area contributed by atoms with E-state index in [0.29, 0.717) is 6.42 Å². The minimum Gasteiger partial charge on any atom is -0.463 e. The molecule has 0 aliphatic carbocycles. The number of hydrogen-bond donors (Lipinski definition) is 3. The molecule has 0 spiro atoms. The lowest BCUT2D eigenvalue weighted by molar-refractivity contribution is -0.147. The highest BCUT2D eigenvalue weighted by Crippen LogP contribution is 2.42. The Morgan fingerprint density at radius 2 is 0.931 bits per heavy atom. The first-order valence-electron chi connectivity index (χ1n) is 24.0. The predicted molar refractivity (Wildman–Crippen MR) is 243 cm³/mol. The third kappa shape index (κ3) is 45.3. The van der Waals surface area contributed by atoms with Gasteiger partial charge in [0.15, 0.2) is 0 Å². The summed E-state index contributed by atoms with van der Waals surface area (Å²) in [7, 11) is -4.42. The highest BCUT2D eigenvalue weighted by molar-refractivity contribution is 7.47. The smallest absolute Gasteiger partial charge is 0.463 e. The molecular formula is C48H90NO8P. The summed E-state index contributed by atoms with van der Waals surface area (Å²) in [5.41, 5.74) is 0. The van der Waals surface area contributed by atoms with Gasteiger partial charge >= 0.3 is 13.8 Å². The van der Waals surface area contributed by atoms with Crippen LogP contribution in [0.2, 0.25) is 0 Å². The summed E-state index contributed by atoms with van der Waals surface area (Å²) in [6.45, 7) is 3.54. The summed E-state index contributed by atoms with van der Waals surface area (Å²) in [6, 6.07) is 0. The third-order valence-corrected chi connectivity index (χ3v) is 11.3. The Hall–Kier alpha value is -1.77. The Kier molecular flexibility index (Phi) is 43.4. The number of allylic oxidation sites excluding steroid dienone is 6. The van der Waals surface area contributed by atoms with E-state index in [9.17, 15) is 24.2 Å². The first-order chi connectivity index (χ1) is 28.3. The molecule has 0 bridgehead atoms. The molecule has 0 aliphatic heterocycles. The van der Waals surface area contributed by atoms with Gasteiger partial charge in [0.25, 0.3) is 0 Å². The molecule has 0 saturated heterocycles. The Bertz CT molecular complexity index is 1050. The van der Waals surface area contributed by atoms with Gasteiger partial charge in [-0.15, -0.1) is 0 Å². The van der Waals surface area contributed by atoms with Crippen molar-refractivity contribution in [2.75, 3.05) is 26.4 Å². The zero-order valence-corrected chi connectivity index (χ0v) is 38.4. The maximum Gasteiger partial charge on any atom is 0.472 e. The number of esters is 1. The molecule has 0 heterocycles. The van der Waals surface area contributed by atoms with Crippen LogP contribution in [0.5, 0.6) is 0 Å². The van der Waals surface area contributed by atoms with Crippen molar-refractivity contribution in [3.8, 4) is 0 Å². The number of nitrogens with one attached hydrogen (secondary N) is 1. The Balaban J connectivity index is 3.58. The van der Waals surface area contributed by atoms with Crippen molar-refractivity contribution in [2.45, 2.75) is 232 Å². The first kappa shape index (κ1) is 56.2. The molecule has 1 amide bonds. The van der Waals surface area contributed by atoms with Crippen LogP contribution in [0, 0.1) is 0 Å². The quantitative estimate of drug-likeness (QED) is 0.0239. The minimum absolute atomic E-state index is 0.0776. The van der Waals surface area contributed by atoms with E-state index >= 15 is 0 Å². The van der Waals surface area contributed by atoms with Crippen molar-refractivity contribution in [3.63, 3.8) is 0 Å². The van der Waals surface area contributed by atoms with Crippen molar-refractivity contribution in [2.24, 2.45) is 0 Å². The van der Waals surface area contributed by atoms with Crippen LogP contribution in [0.25, 0.3) is 0 Å². The van der Waals surface area contributed by atoms with Crippen molar-refractivity contribution in [3.05, 3.63) is 36.5 Å². The molecule has 2 atom stereocenters. The topological polar surface area (TPSA) is 131 Å². The average Bonchev–Trinajstić information content (AvgIpc) is 3.21. The standard InChI is InChI=1S/C48H90NO8P/c1-3-5-7-9-11-13-15-17-19-21-23-25-27-29-31-33-35-37-39-41-48(52)55-44-46(50)45-57-58(53,54)56-43-42-49-47(51)40-38-36-34-32-30-28-26-24-22-20-18-16-14-12-10-8-6-4-2/h14,16-17,19-20,22,46,50H,3-13,15,18,21,23-45H2,1-2H3,(H,49,51)(H,53,54)/b16-14-,19-17+,22-20-. The summed E-state index contributed by atoms with van der Waals surface area (Å²) in [4.78, 5) is 34.0. The van der Waals surface area contributed by atoms with Gasteiger partial charge in [0, 0.05) is 19.4 Å². The van der Waals surface area contributed by atoms with Gasteiger partial charge in [0.1, 0.15) is 12.7 Å². The van der Waals surface area contributed by atoms with Crippen LogP contribution in [-0.4, -0.2) is 54.3 Å². The second-order valence-electron chi connectivity index (χ2n) is 16.1. The number of rotatable bonds is 45. The first-order valence-corrected chi connectivity index (χ1v) is 25.5. The number of amides is 1. The lowest BCUT2D eigenvalue weighted by Crippen LogP contribution is -2.27. The number of hydrogen-bond acceptors (Lipinski definition) is 7. The number of unbranched alkanes of at least 4 members (excludes halogenated alkanes) is 26. The molecule has 0 rings (SSSR count). The number of phosphoric acid groups is 1. The molecule has 0 aromatic carbocycles. The largest absolute Gasteiger partial charge is 0.472 e. The van der Waals surface area contributed by atoms with Gasteiger partial charge in [-0.1, -0.05) is 179 Å². The Morgan fingerprint density at radius 3 is 1.41 bits per heavy atom. The van der Waals surface area contributed by atoms with E-state index in [1.54, 1.807) is 0 Å². The second kappa shape index (κ2) is 44.8. The number of carbonyl (C=O) groups excluding carboxylic acids is 2. The summed E-state index contributed by atoms with van der Waals surface area (Å²) in [6.07, 6.45) is 50.7. The van der Waals surface area contributed by atoms with E-state index < -0.39 is 26.5 Å². The van der Waals surface area contributed by atoms with Gasteiger partial charge in [0.2, 0.25) is 5.91 Å². The fourth-order valence-corrected chi connectivity index (χ4v) is 7.40. The van der Waals surface area contributed by atoms with Crippen molar-refractivity contribution in [1.29, 1.82) is 0 Å². The fourth-order valence-electron chi connectivity index (χ4n) is 6.64. The van der Waals surface area contributed by atoms with E-state index in [4.69, 9.17) is 13.8 Å². The average molecular weight is 840 g/mol. The van der Waals surface area contributed by atoms with Crippen molar-refractivity contribution < 1.29 is 37.9 Å². The zero-order valence-electron chi connectivity index (χ0n) is 37.5. The van der Waals surface area contributed by atoms with E-state index in [2.05, 4.69) is 55.6 Å². The molecule has 9 nitrogen and oxygen atoms in total. The molecule has 2 unspecified atom stereocenters. The maximum absolute atomic E-state index is 12.1. The molecule has 0 aromatic heterocycles. The SMILES string of the molecule is CCCCCC/C=C\C/C=C\CCCCCCCCCC(=O)NCCOP(=O)(O)OCC(O)COC(=O)CCCCCCCCCCC/C=C/CCCCCCCC. The minimum atomic E-state index is -4.42. The predicted octanol–water partition coefficient (Wildman–Crippen LogP) is 13.7. The zero-order chi connectivity index (χ0) is 42.5. The Morgan fingerprint density at radius 1 is 0.534 bits per heavy atom. The van der Waals surface area contributed by atoms with Crippen LogP contribution in [-0.2, 0) is 27.9 Å². The lowest BCUT2D eigenvalue weighted by atomic mass is 10.1. The van der Waals surface area contributed by atoms with Crippen LogP contribution >= 0.6 is 7.82 Å². The maximum atomic E-state index is 12.1. The summed E-state index contributed by atoms with van der Waals surface area (Å²) >= 11 is 0. The molecule has 0 radical (unpaired) electrons. The normalized spacial score (nSPS) is 13.5. The molecule has 0 aromatic rings. The third-order valence-electron chi connectivity index (χ3n) is 10.3. The van der Waals surface area contributed by atoms with Gasteiger partial charge in [-0.05, 0) is 70.6 Å². The second-order valence-corrected chi connectivity index (χ2v) is 17.5.